The van der Waals surface area contributed by atoms with Gasteiger partial charge in [-0.25, -0.2) is 0 Å². The molecule has 3 heterocycles. The van der Waals surface area contributed by atoms with Crippen LogP contribution in [0.3, 0.4) is 0 Å². The van der Waals surface area contributed by atoms with Crippen molar-refractivity contribution < 1.29 is 14.3 Å². The van der Waals surface area contributed by atoms with Crippen LogP contribution in [0.1, 0.15) is 39.9 Å². The van der Waals surface area contributed by atoms with E-state index in [2.05, 4.69) is 15.2 Å². The number of fused-ring (bicyclic) bond motifs is 1. The number of carbonyl (C=O) groups excluding carboxylic acids is 2. The number of likely N-dealkylation sites (tertiary alicyclic amines) is 1. The molecule has 2 amide bonds. The van der Waals surface area contributed by atoms with E-state index in [0.29, 0.717) is 36.5 Å². The summed E-state index contributed by atoms with van der Waals surface area (Å²) < 4.78 is 5.33. The van der Waals surface area contributed by atoms with E-state index < -0.39 is 11.5 Å². The van der Waals surface area contributed by atoms with E-state index in [1.165, 1.54) is 7.11 Å². The number of hydrogen-bond donors (Lipinski definition) is 2. The number of carbonyl (C=O) groups is 2. The molecule has 164 valence electrons. The highest BCUT2D eigenvalue weighted by Gasteiger charge is 2.34. The number of pyridine rings is 1. The van der Waals surface area contributed by atoms with Crippen LogP contribution in [-0.2, 0) is 17.8 Å². The van der Waals surface area contributed by atoms with E-state index in [-0.39, 0.29) is 17.5 Å². The van der Waals surface area contributed by atoms with Crippen molar-refractivity contribution in [1.29, 1.82) is 0 Å². The lowest BCUT2D eigenvalue weighted by Gasteiger charge is -2.33. The number of nitrogens with zero attached hydrogens (tertiary/aromatic N) is 2. The molecule has 8 heteroatoms. The highest BCUT2D eigenvalue weighted by Crippen LogP contribution is 2.27. The molecule has 2 aliphatic heterocycles. The van der Waals surface area contributed by atoms with Crippen molar-refractivity contribution in [3.05, 3.63) is 57.0 Å². The fourth-order valence-electron chi connectivity index (χ4n) is 4.53. The van der Waals surface area contributed by atoms with Gasteiger partial charge in [0.25, 0.3) is 11.5 Å². The zero-order valence-electron chi connectivity index (χ0n) is 18.2. The van der Waals surface area contributed by atoms with E-state index in [0.717, 1.165) is 30.5 Å². The molecule has 2 aromatic rings. The number of aromatic amines is 1. The number of nitrogens with one attached hydrogen (secondary N) is 2. The van der Waals surface area contributed by atoms with E-state index in [4.69, 9.17) is 4.74 Å². The third kappa shape index (κ3) is 4.07. The monoisotopic (exact) mass is 424 g/mol. The Labute approximate surface area is 181 Å². The summed E-state index contributed by atoms with van der Waals surface area (Å²) >= 11 is 0. The van der Waals surface area contributed by atoms with Gasteiger partial charge in [-0.1, -0.05) is 6.07 Å². The zero-order valence-corrected chi connectivity index (χ0v) is 18.2. The van der Waals surface area contributed by atoms with E-state index >= 15 is 0 Å². The summed E-state index contributed by atoms with van der Waals surface area (Å²) in [6.45, 7) is 3.73. The zero-order chi connectivity index (χ0) is 22.1. The van der Waals surface area contributed by atoms with Crippen molar-refractivity contribution in [1.82, 2.24) is 14.8 Å². The molecule has 1 fully saturated rings. The van der Waals surface area contributed by atoms with Crippen LogP contribution in [-0.4, -0.2) is 59.9 Å². The molecule has 1 atom stereocenters. The molecular weight excluding hydrogens is 396 g/mol. The Kier molecular flexibility index (Phi) is 5.82. The van der Waals surface area contributed by atoms with Gasteiger partial charge in [-0.05, 0) is 68.6 Å². The number of ether oxygens (including phenoxy) is 1. The number of hydrogen-bond acceptors (Lipinski definition) is 5. The van der Waals surface area contributed by atoms with Gasteiger partial charge >= 0.3 is 0 Å². The van der Waals surface area contributed by atoms with Gasteiger partial charge in [0.1, 0.15) is 11.3 Å². The summed E-state index contributed by atoms with van der Waals surface area (Å²) in [4.78, 5) is 45.2. The maximum absolute atomic E-state index is 13.1. The highest BCUT2D eigenvalue weighted by molar-refractivity contribution is 6.06. The van der Waals surface area contributed by atoms with Crippen LogP contribution in [0.5, 0.6) is 5.75 Å². The van der Waals surface area contributed by atoms with Crippen molar-refractivity contribution in [2.45, 2.75) is 38.8 Å². The molecule has 0 radical (unpaired) electrons. The van der Waals surface area contributed by atoms with Crippen molar-refractivity contribution in [3.63, 3.8) is 0 Å². The molecule has 1 aromatic carbocycles. The summed E-state index contributed by atoms with van der Waals surface area (Å²) in [6.07, 6.45) is 3.99. The minimum atomic E-state index is -0.475. The fourth-order valence-corrected chi connectivity index (χ4v) is 4.53. The second-order valence-electron chi connectivity index (χ2n) is 8.30. The number of H-pyrrole nitrogens is 1. The number of methoxy groups -OCH3 is 1. The Morgan fingerprint density at radius 3 is 2.77 bits per heavy atom. The molecule has 0 spiro atoms. The van der Waals surface area contributed by atoms with Gasteiger partial charge in [-0.15, -0.1) is 0 Å². The third-order valence-corrected chi connectivity index (χ3v) is 6.23. The Balaban J connectivity index is 1.59. The number of likely N-dealkylation sites (N-methyl/N-ethyl adjacent to an activating group) is 1. The average Bonchev–Trinajstić information content (AvgIpc) is 3.18. The van der Waals surface area contributed by atoms with Gasteiger partial charge in [0.2, 0.25) is 5.91 Å². The first-order valence-electron chi connectivity index (χ1n) is 10.6. The number of aromatic nitrogens is 1. The predicted octanol–water partition coefficient (Wildman–Crippen LogP) is 1.92. The number of benzene rings is 1. The van der Waals surface area contributed by atoms with Crippen LogP contribution in [0.2, 0.25) is 0 Å². The Morgan fingerprint density at radius 1 is 1.26 bits per heavy atom. The molecule has 1 saturated heterocycles. The van der Waals surface area contributed by atoms with Crippen LogP contribution in [0, 0.1) is 6.92 Å². The molecule has 2 N–H and O–H groups in total. The molecule has 31 heavy (non-hydrogen) atoms. The maximum atomic E-state index is 13.1. The Morgan fingerprint density at radius 2 is 2.06 bits per heavy atom. The molecule has 0 aliphatic carbocycles. The number of aryl methyl sites for hydroxylation is 1. The molecular formula is C23H28N4O4. The van der Waals surface area contributed by atoms with Crippen LogP contribution < -0.4 is 15.6 Å². The van der Waals surface area contributed by atoms with Crippen molar-refractivity contribution in [2.75, 3.05) is 32.6 Å². The first-order chi connectivity index (χ1) is 14.9. The molecule has 2 aliphatic rings. The fraction of sp³-hybridized carbons (Fsp3) is 0.435. The minimum absolute atomic E-state index is 0.0825. The van der Waals surface area contributed by atoms with E-state index in [9.17, 15) is 14.4 Å². The number of amides is 2. The second-order valence-corrected chi connectivity index (χ2v) is 8.30. The topological polar surface area (TPSA) is 94.7 Å². The standard InChI is InChI=1S/C23H28N4O4/c1-14-6-7-19(31-3)17(11-14)25-22(29)20-16-8-10-27(13-15(16)12-24-21(20)28)23(30)18-5-4-9-26(18)2/h6-7,11-12,18H,4-5,8-10,13H2,1-3H3,(H,24,28)(H,25,29)/t18-/m0/s1. The lowest BCUT2D eigenvalue weighted by Crippen LogP contribution is -2.46. The van der Waals surface area contributed by atoms with E-state index in [1.807, 2.05) is 24.9 Å². The summed E-state index contributed by atoms with van der Waals surface area (Å²) in [5.74, 6) is 0.169. The van der Waals surface area contributed by atoms with Crippen molar-refractivity contribution >= 4 is 17.5 Å². The van der Waals surface area contributed by atoms with Crippen LogP contribution in [0.15, 0.2) is 29.2 Å². The van der Waals surface area contributed by atoms with Gasteiger partial charge < -0.3 is 19.9 Å². The summed E-state index contributed by atoms with van der Waals surface area (Å²) in [5, 5.41) is 2.82. The maximum Gasteiger partial charge on any atom is 0.261 e. The molecule has 8 nitrogen and oxygen atoms in total. The van der Waals surface area contributed by atoms with Gasteiger partial charge in [0.15, 0.2) is 0 Å². The molecule has 4 rings (SSSR count). The van der Waals surface area contributed by atoms with E-state index in [1.54, 1.807) is 18.3 Å². The number of anilines is 1. The lowest BCUT2D eigenvalue weighted by molar-refractivity contribution is -0.136. The van der Waals surface area contributed by atoms with Gasteiger partial charge in [-0.2, -0.15) is 0 Å². The lowest BCUT2D eigenvalue weighted by atomic mass is 9.95. The first-order valence-corrected chi connectivity index (χ1v) is 10.6. The second kappa shape index (κ2) is 8.55. The van der Waals surface area contributed by atoms with Crippen LogP contribution in [0.25, 0.3) is 0 Å². The smallest absolute Gasteiger partial charge is 0.261 e. The largest absolute Gasteiger partial charge is 0.495 e. The molecule has 0 bridgehead atoms. The van der Waals surface area contributed by atoms with Gasteiger partial charge in [-0.3, -0.25) is 19.3 Å². The molecule has 0 unspecified atom stereocenters. The van der Waals surface area contributed by atoms with Crippen LogP contribution >= 0.6 is 0 Å². The van der Waals surface area contributed by atoms with Crippen LogP contribution in [0.4, 0.5) is 5.69 Å². The summed E-state index contributed by atoms with van der Waals surface area (Å²) in [7, 11) is 3.51. The van der Waals surface area contributed by atoms with Crippen molar-refractivity contribution in [2.24, 2.45) is 0 Å². The predicted molar refractivity (Wildman–Crippen MR) is 118 cm³/mol. The molecule has 1 aromatic heterocycles. The number of rotatable bonds is 4. The Hall–Kier alpha value is -3.13. The van der Waals surface area contributed by atoms with Crippen molar-refractivity contribution in [3.8, 4) is 5.75 Å². The highest BCUT2D eigenvalue weighted by atomic mass is 16.5. The Bertz CT molecular complexity index is 1080. The quantitative estimate of drug-likeness (QED) is 0.782. The minimum Gasteiger partial charge on any atom is -0.495 e. The van der Waals surface area contributed by atoms with Gasteiger partial charge in [0.05, 0.1) is 18.8 Å². The first kappa shape index (κ1) is 21.1. The molecule has 0 saturated carbocycles. The van der Waals surface area contributed by atoms with Gasteiger partial charge in [0, 0.05) is 19.3 Å². The summed E-state index contributed by atoms with van der Waals surface area (Å²) in [5.41, 5.74) is 2.66. The third-order valence-electron chi connectivity index (χ3n) is 6.23. The SMILES string of the molecule is COc1ccc(C)cc1NC(=O)c1c2c(c[nH]c1=O)CN(C(=O)[C@@H]1CCCN1C)CC2. The normalized spacial score (nSPS) is 18.5. The average molecular weight is 425 g/mol. The summed E-state index contributed by atoms with van der Waals surface area (Å²) in [6, 6.07) is 5.39.